The van der Waals surface area contributed by atoms with E-state index in [1.165, 1.54) is 25.7 Å². The maximum absolute atomic E-state index is 5.96. The lowest BCUT2D eigenvalue weighted by atomic mass is 9.76. The first-order valence-electron chi connectivity index (χ1n) is 8.37. The van der Waals surface area contributed by atoms with E-state index >= 15 is 0 Å². The maximum Gasteiger partial charge on any atom is 0.183 e. The first-order chi connectivity index (χ1) is 10.8. The lowest BCUT2D eigenvalue weighted by Gasteiger charge is -2.37. The van der Waals surface area contributed by atoms with Crippen molar-refractivity contribution in [2.75, 3.05) is 13.2 Å². The molecule has 3 heteroatoms. The molecular weight excluding hydrogens is 296 g/mol. The fraction of sp³-hybridized carbons (Fsp3) is 0.579. The smallest absolute Gasteiger partial charge is 0.183 e. The fourth-order valence-electron chi connectivity index (χ4n) is 3.68. The standard InChI is InChI=1S/C19H25ClO2/c1-2-3-14-4-6-15(7-5-14)17-12-21-19(22-13-17)16-8-10-18(20)11-9-16/h2-3,8-11,14-15,17,19H,4-7,12-13H2,1H3/b3-2+/t14-,15-,17-,19-. The van der Waals surface area contributed by atoms with Crippen molar-refractivity contribution >= 4 is 11.6 Å². The molecule has 2 fully saturated rings. The molecule has 0 aromatic heterocycles. The van der Waals surface area contributed by atoms with E-state index in [0.717, 1.165) is 35.6 Å². The average molecular weight is 321 g/mol. The summed E-state index contributed by atoms with van der Waals surface area (Å²) in [4.78, 5) is 0. The molecule has 3 rings (SSSR count). The fourth-order valence-corrected chi connectivity index (χ4v) is 3.81. The van der Waals surface area contributed by atoms with Crippen LogP contribution in [0, 0.1) is 17.8 Å². The molecule has 0 bridgehead atoms. The van der Waals surface area contributed by atoms with Gasteiger partial charge in [0.2, 0.25) is 0 Å². The minimum Gasteiger partial charge on any atom is -0.348 e. The van der Waals surface area contributed by atoms with Gasteiger partial charge in [-0.05, 0) is 56.6 Å². The van der Waals surface area contributed by atoms with E-state index in [1.807, 2.05) is 24.3 Å². The summed E-state index contributed by atoms with van der Waals surface area (Å²) in [5.74, 6) is 2.09. The first-order valence-corrected chi connectivity index (χ1v) is 8.75. The summed E-state index contributed by atoms with van der Waals surface area (Å²) in [6, 6.07) is 7.74. The lowest BCUT2D eigenvalue weighted by molar-refractivity contribution is -0.214. The second-order valence-corrected chi connectivity index (χ2v) is 6.95. The van der Waals surface area contributed by atoms with E-state index in [0.29, 0.717) is 5.92 Å². The number of hydrogen-bond acceptors (Lipinski definition) is 2. The van der Waals surface area contributed by atoms with Crippen molar-refractivity contribution < 1.29 is 9.47 Å². The third kappa shape index (κ3) is 3.92. The Labute approximate surface area is 138 Å². The highest BCUT2D eigenvalue weighted by molar-refractivity contribution is 6.30. The zero-order chi connectivity index (χ0) is 15.4. The Bertz CT molecular complexity index is 481. The Balaban J connectivity index is 1.49. The van der Waals surface area contributed by atoms with Crippen molar-refractivity contribution in [2.45, 2.75) is 38.9 Å². The number of benzene rings is 1. The number of hydrogen-bond donors (Lipinski definition) is 0. The summed E-state index contributed by atoms with van der Waals surface area (Å²) in [6.07, 6.45) is 9.55. The van der Waals surface area contributed by atoms with Gasteiger partial charge in [-0.25, -0.2) is 0 Å². The van der Waals surface area contributed by atoms with Gasteiger partial charge in [0.1, 0.15) is 0 Å². The summed E-state index contributed by atoms with van der Waals surface area (Å²) >= 11 is 5.92. The highest BCUT2D eigenvalue weighted by atomic mass is 35.5. The van der Waals surface area contributed by atoms with Crippen molar-refractivity contribution in [1.29, 1.82) is 0 Å². The molecular formula is C19H25ClO2. The number of rotatable bonds is 3. The zero-order valence-electron chi connectivity index (χ0n) is 13.2. The SMILES string of the molecule is C/C=C/[C@H]1CC[C@H]([C@H]2CO[C@H](c3ccc(Cl)cc3)OC2)CC1. The molecule has 1 aromatic rings. The highest BCUT2D eigenvalue weighted by Crippen LogP contribution is 2.37. The van der Waals surface area contributed by atoms with Gasteiger partial charge in [0, 0.05) is 16.5 Å². The molecule has 1 aromatic carbocycles. The molecule has 2 aliphatic rings. The van der Waals surface area contributed by atoms with Gasteiger partial charge >= 0.3 is 0 Å². The minimum absolute atomic E-state index is 0.229. The molecule has 120 valence electrons. The molecule has 1 saturated heterocycles. The van der Waals surface area contributed by atoms with Crippen LogP contribution in [-0.4, -0.2) is 13.2 Å². The Morgan fingerprint density at radius 1 is 0.955 bits per heavy atom. The Kier molecular flexibility index (Phi) is 5.56. The van der Waals surface area contributed by atoms with Crippen molar-refractivity contribution in [3.8, 4) is 0 Å². The summed E-state index contributed by atoms with van der Waals surface area (Å²) in [6.45, 7) is 3.74. The molecule has 0 N–H and O–H groups in total. The van der Waals surface area contributed by atoms with Crippen molar-refractivity contribution in [3.05, 3.63) is 47.0 Å². The molecule has 0 spiro atoms. The van der Waals surface area contributed by atoms with E-state index in [1.54, 1.807) is 0 Å². The van der Waals surface area contributed by atoms with Crippen LogP contribution in [0.25, 0.3) is 0 Å². The quantitative estimate of drug-likeness (QED) is 0.696. The van der Waals surface area contributed by atoms with Crippen LogP contribution in [-0.2, 0) is 9.47 Å². The molecule has 22 heavy (non-hydrogen) atoms. The van der Waals surface area contributed by atoms with Gasteiger partial charge in [-0.1, -0.05) is 35.9 Å². The molecule has 1 aliphatic heterocycles. The largest absolute Gasteiger partial charge is 0.348 e. The van der Waals surface area contributed by atoms with Crippen LogP contribution >= 0.6 is 11.6 Å². The Morgan fingerprint density at radius 3 is 2.18 bits per heavy atom. The predicted molar refractivity (Wildman–Crippen MR) is 89.8 cm³/mol. The highest BCUT2D eigenvalue weighted by Gasteiger charge is 2.31. The van der Waals surface area contributed by atoms with Gasteiger partial charge in [0.15, 0.2) is 6.29 Å². The Morgan fingerprint density at radius 2 is 1.59 bits per heavy atom. The third-order valence-electron chi connectivity index (χ3n) is 5.01. The average Bonchev–Trinajstić information content (AvgIpc) is 2.57. The van der Waals surface area contributed by atoms with Crippen LogP contribution in [0.15, 0.2) is 36.4 Å². The van der Waals surface area contributed by atoms with Gasteiger partial charge in [0.25, 0.3) is 0 Å². The molecule has 0 atom stereocenters. The molecule has 1 saturated carbocycles. The van der Waals surface area contributed by atoms with Crippen molar-refractivity contribution in [2.24, 2.45) is 17.8 Å². The number of ether oxygens (including phenoxy) is 2. The molecule has 1 aliphatic carbocycles. The van der Waals surface area contributed by atoms with Crippen LogP contribution in [0.5, 0.6) is 0 Å². The van der Waals surface area contributed by atoms with Crippen molar-refractivity contribution in [3.63, 3.8) is 0 Å². The van der Waals surface area contributed by atoms with Crippen LogP contribution in [0.4, 0.5) is 0 Å². The molecule has 0 unspecified atom stereocenters. The summed E-state index contributed by atoms with van der Waals surface area (Å²) in [5.41, 5.74) is 1.06. The monoisotopic (exact) mass is 320 g/mol. The van der Waals surface area contributed by atoms with E-state index in [9.17, 15) is 0 Å². The summed E-state index contributed by atoms with van der Waals surface area (Å²) in [7, 11) is 0. The van der Waals surface area contributed by atoms with Crippen LogP contribution in [0.1, 0.15) is 44.5 Å². The zero-order valence-corrected chi connectivity index (χ0v) is 14.0. The van der Waals surface area contributed by atoms with Gasteiger partial charge in [-0.2, -0.15) is 0 Å². The second kappa shape index (κ2) is 7.63. The molecule has 2 nitrogen and oxygen atoms in total. The van der Waals surface area contributed by atoms with E-state index in [4.69, 9.17) is 21.1 Å². The third-order valence-corrected chi connectivity index (χ3v) is 5.27. The van der Waals surface area contributed by atoms with Gasteiger partial charge in [0.05, 0.1) is 13.2 Å². The topological polar surface area (TPSA) is 18.5 Å². The normalized spacial score (nSPS) is 33.2. The van der Waals surface area contributed by atoms with Gasteiger partial charge < -0.3 is 9.47 Å². The molecule has 0 radical (unpaired) electrons. The second-order valence-electron chi connectivity index (χ2n) is 6.51. The maximum atomic E-state index is 5.96. The van der Waals surface area contributed by atoms with Crippen molar-refractivity contribution in [1.82, 2.24) is 0 Å². The first kappa shape index (κ1) is 16.0. The summed E-state index contributed by atoms with van der Waals surface area (Å²) in [5, 5.41) is 0.746. The molecule has 1 heterocycles. The van der Waals surface area contributed by atoms with E-state index in [2.05, 4.69) is 19.1 Å². The van der Waals surface area contributed by atoms with E-state index < -0.39 is 0 Å². The predicted octanol–water partition coefficient (Wildman–Crippen LogP) is 5.38. The Hall–Kier alpha value is -0.830. The minimum atomic E-state index is -0.229. The lowest BCUT2D eigenvalue weighted by Crippen LogP contribution is -2.34. The van der Waals surface area contributed by atoms with Crippen LogP contribution in [0.3, 0.4) is 0 Å². The molecule has 0 amide bonds. The number of halogens is 1. The van der Waals surface area contributed by atoms with E-state index in [-0.39, 0.29) is 6.29 Å². The van der Waals surface area contributed by atoms with Gasteiger partial charge in [-0.3, -0.25) is 0 Å². The van der Waals surface area contributed by atoms with Crippen LogP contribution < -0.4 is 0 Å². The van der Waals surface area contributed by atoms with Gasteiger partial charge in [-0.15, -0.1) is 0 Å². The summed E-state index contributed by atoms with van der Waals surface area (Å²) < 4.78 is 11.9. The van der Waals surface area contributed by atoms with Crippen LogP contribution in [0.2, 0.25) is 5.02 Å². The number of allylic oxidation sites excluding steroid dienone is 2.